The minimum Gasteiger partial charge on any atom is -0.496 e. The van der Waals surface area contributed by atoms with Crippen LogP contribution < -0.4 is 15.8 Å². The molecule has 1 heterocycles. The lowest BCUT2D eigenvalue weighted by Gasteiger charge is -2.09. The molecule has 0 fully saturated rings. The van der Waals surface area contributed by atoms with E-state index in [4.69, 9.17) is 10.5 Å². The summed E-state index contributed by atoms with van der Waals surface area (Å²) in [5.41, 5.74) is 7.54. The Hall–Kier alpha value is -1.59. The summed E-state index contributed by atoms with van der Waals surface area (Å²) in [6, 6.07) is 5.71. The van der Waals surface area contributed by atoms with Crippen molar-refractivity contribution in [2.75, 3.05) is 12.8 Å². The number of aromatic nitrogens is 1. The van der Waals surface area contributed by atoms with Crippen molar-refractivity contribution in [3.05, 3.63) is 39.8 Å². The molecule has 18 heavy (non-hydrogen) atoms. The first kappa shape index (κ1) is 12.9. The average molecular weight is 263 g/mol. The molecule has 5 heteroatoms. The van der Waals surface area contributed by atoms with Gasteiger partial charge in [-0.25, -0.2) is 4.98 Å². The third-order valence-electron chi connectivity index (χ3n) is 2.59. The fourth-order valence-electron chi connectivity index (χ4n) is 1.71. The van der Waals surface area contributed by atoms with E-state index in [0.717, 1.165) is 29.4 Å². The summed E-state index contributed by atoms with van der Waals surface area (Å²) >= 11 is 1.71. The Morgan fingerprint density at radius 3 is 2.89 bits per heavy atom. The lowest BCUT2D eigenvalue weighted by molar-refractivity contribution is 0.408. The Bertz CT molecular complexity index is 525. The number of hydrogen-bond donors (Lipinski definition) is 2. The largest absolute Gasteiger partial charge is 0.496 e. The second kappa shape index (κ2) is 5.84. The molecule has 2 aromatic rings. The van der Waals surface area contributed by atoms with Crippen LogP contribution in [0.2, 0.25) is 0 Å². The van der Waals surface area contributed by atoms with Gasteiger partial charge in [-0.1, -0.05) is 6.07 Å². The van der Waals surface area contributed by atoms with Crippen molar-refractivity contribution >= 4 is 17.0 Å². The van der Waals surface area contributed by atoms with Crippen LogP contribution in [0.15, 0.2) is 24.4 Å². The summed E-state index contributed by atoms with van der Waals surface area (Å²) in [5.74, 6) is 0.822. The number of rotatable bonds is 5. The first-order chi connectivity index (χ1) is 8.69. The van der Waals surface area contributed by atoms with E-state index in [1.54, 1.807) is 18.4 Å². The lowest BCUT2D eigenvalue weighted by atomic mass is 10.2. The summed E-state index contributed by atoms with van der Waals surface area (Å²) in [5, 5.41) is 4.47. The van der Waals surface area contributed by atoms with Gasteiger partial charge in [0.2, 0.25) is 0 Å². The molecule has 4 nitrogen and oxygen atoms in total. The molecule has 1 aromatic carbocycles. The standard InChI is InChI=1S/C13H17N3OS/c1-9-16-8-12(18-9)7-15-6-10-3-4-11(14)5-13(10)17-2/h3-5,8,15H,6-7,14H2,1-2H3. The highest BCUT2D eigenvalue weighted by Gasteiger charge is 2.03. The zero-order chi connectivity index (χ0) is 13.0. The summed E-state index contributed by atoms with van der Waals surface area (Å²) < 4.78 is 5.30. The molecule has 0 unspecified atom stereocenters. The van der Waals surface area contributed by atoms with Crippen LogP contribution in [0.3, 0.4) is 0 Å². The lowest BCUT2D eigenvalue weighted by Crippen LogP contribution is -2.12. The van der Waals surface area contributed by atoms with Crippen LogP contribution in [0.1, 0.15) is 15.4 Å². The number of anilines is 1. The fraction of sp³-hybridized carbons (Fsp3) is 0.308. The van der Waals surface area contributed by atoms with Gasteiger partial charge in [0.05, 0.1) is 12.1 Å². The van der Waals surface area contributed by atoms with Gasteiger partial charge >= 0.3 is 0 Å². The minimum atomic E-state index is 0.716. The number of aryl methyl sites for hydroxylation is 1. The third kappa shape index (κ3) is 3.21. The van der Waals surface area contributed by atoms with Gasteiger partial charge in [0.15, 0.2) is 0 Å². The molecule has 0 aliphatic heterocycles. The Morgan fingerprint density at radius 1 is 1.39 bits per heavy atom. The molecule has 96 valence electrons. The van der Waals surface area contributed by atoms with Gasteiger partial charge < -0.3 is 15.8 Å². The van der Waals surface area contributed by atoms with E-state index in [-0.39, 0.29) is 0 Å². The molecular weight excluding hydrogens is 246 g/mol. The maximum absolute atomic E-state index is 5.72. The fourth-order valence-corrected chi connectivity index (χ4v) is 2.48. The highest BCUT2D eigenvalue weighted by Crippen LogP contribution is 2.21. The molecule has 0 bridgehead atoms. The van der Waals surface area contributed by atoms with Gasteiger partial charge in [-0.3, -0.25) is 0 Å². The highest BCUT2D eigenvalue weighted by molar-refractivity contribution is 7.11. The van der Waals surface area contributed by atoms with Crippen LogP contribution in [0, 0.1) is 6.92 Å². The van der Waals surface area contributed by atoms with Crippen LogP contribution in [-0.4, -0.2) is 12.1 Å². The number of nitrogens with one attached hydrogen (secondary N) is 1. The van der Waals surface area contributed by atoms with Gasteiger partial charge in [0.25, 0.3) is 0 Å². The Balaban J connectivity index is 1.94. The molecule has 0 saturated heterocycles. The van der Waals surface area contributed by atoms with E-state index in [0.29, 0.717) is 5.69 Å². The molecule has 0 aliphatic rings. The SMILES string of the molecule is COc1cc(N)ccc1CNCc1cnc(C)s1. The van der Waals surface area contributed by atoms with Gasteiger partial charge in [-0.05, 0) is 13.0 Å². The van der Waals surface area contributed by atoms with Crippen LogP contribution >= 0.6 is 11.3 Å². The number of nitrogen functional groups attached to an aromatic ring is 1. The summed E-state index contributed by atoms with van der Waals surface area (Å²) in [6.45, 7) is 3.58. The first-order valence-corrected chi connectivity index (χ1v) is 6.55. The Labute approximate surface area is 111 Å². The maximum Gasteiger partial charge on any atom is 0.125 e. The first-order valence-electron chi connectivity index (χ1n) is 5.73. The monoisotopic (exact) mass is 263 g/mol. The van der Waals surface area contributed by atoms with Crippen molar-refractivity contribution in [1.82, 2.24) is 10.3 Å². The zero-order valence-corrected chi connectivity index (χ0v) is 11.4. The molecule has 0 radical (unpaired) electrons. The molecule has 0 saturated carbocycles. The smallest absolute Gasteiger partial charge is 0.125 e. The van der Waals surface area contributed by atoms with E-state index in [1.165, 1.54) is 4.88 Å². The summed E-state index contributed by atoms with van der Waals surface area (Å²) in [7, 11) is 1.66. The number of ether oxygens (including phenoxy) is 1. The molecule has 1 aromatic heterocycles. The van der Waals surface area contributed by atoms with Crippen LogP contribution in [0.25, 0.3) is 0 Å². The van der Waals surface area contributed by atoms with Crippen molar-refractivity contribution in [2.24, 2.45) is 0 Å². The molecule has 0 amide bonds. The zero-order valence-electron chi connectivity index (χ0n) is 10.6. The molecule has 0 atom stereocenters. The average Bonchev–Trinajstić information content (AvgIpc) is 2.77. The van der Waals surface area contributed by atoms with E-state index in [2.05, 4.69) is 10.3 Å². The number of methoxy groups -OCH3 is 1. The van der Waals surface area contributed by atoms with Gasteiger partial charge in [-0.2, -0.15) is 0 Å². The molecule has 3 N–H and O–H groups in total. The van der Waals surface area contributed by atoms with Crippen molar-refractivity contribution < 1.29 is 4.74 Å². The normalized spacial score (nSPS) is 10.6. The highest BCUT2D eigenvalue weighted by atomic mass is 32.1. The third-order valence-corrected chi connectivity index (χ3v) is 3.51. The van der Waals surface area contributed by atoms with Gasteiger partial charge in [-0.15, -0.1) is 11.3 Å². The minimum absolute atomic E-state index is 0.716. The number of benzene rings is 1. The topological polar surface area (TPSA) is 60.2 Å². The quantitative estimate of drug-likeness (QED) is 0.813. The second-order valence-electron chi connectivity index (χ2n) is 4.02. The summed E-state index contributed by atoms with van der Waals surface area (Å²) in [4.78, 5) is 5.46. The molecule has 0 aliphatic carbocycles. The number of nitrogens with two attached hydrogens (primary N) is 1. The second-order valence-corrected chi connectivity index (χ2v) is 5.34. The predicted molar refractivity (Wildman–Crippen MR) is 74.8 cm³/mol. The van der Waals surface area contributed by atoms with Gasteiger partial charge in [0, 0.05) is 41.5 Å². The molecule has 2 rings (SSSR count). The van der Waals surface area contributed by atoms with Crippen molar-refractivity contribution in [2.45, 2.75) is 20.0 Å². The van der Waals surface area contributed by atoms with E-state index in [9.17, 15) is 0 Å². The number of hydrogen-bond acceptors (Lipinski definition) is 5. The van der Waals surface area contributed by atoms with E-state index >= 15 is 0 Å². The van der Waals surface area contributed by atoms with Gasteiger partial charge in [0.1, 0.15) is 5.75 Å². The molecular formula is C13H17N3OS. The number of thiazole rings is 1. The van der Waals surface area contributed by atoms with Crippen molar-refractivity contribution in [3.8, 4) is 5.75 Å². The van der Waals surface area contributed by atoms with E-state index < -0.39 is 0 Å². The Kier molecular flexibility index (Phi) is 4.17. The Morgan fingerprint density at radius 2 is 2.22 bits per heavy atom. The van der Waals surface area contributed by atoms with Crippen LogP contribution in [0.4, 0.5) is 5.69 Å². The van der Waals surface area contributed by atoms with E-state index in [1.807, 2.05) is 31.3 Å². The van der Waals surface area contributed by atoms with Crippen LogP contribution in [0.5, 0.6) is 5.75 Å². The predicted octanol–water partition coefficient (Wildman–Crippen LogP) is 2.33. The molecule has 0 spiro atoms. The number of nitrogens with zero attached hydrogens (tertiary/aromatic N) is 1. The maximum atomic E-state index is 5.72. The van der Waals surface area contributed by atoms with Crippen molar-refractivity contribution in [1.29, 1.82) is 0 Å². The van der Waals surface area contributed by atoms with Crippen molar-refractivity contribution in [3.63, 3.8) is 0 Å². The summed E-state index contributed by atoms with van der Waals surface area (Å²) in [6.07, 6.45) is 1.91. The van der Waals surface area contributed by atoms with Crippen LogP contribution in [-0.2, 0) is 13.1 Å².